The number of hydrogen-bond donors (Lipinski definition) is 2. The van der Waals surface area contributed by atoms with Gasteiger partial charge < -0.3 is 11.1 Å². The Hall–Kier alpha value is -0.940. The maximum atomic E-state index is 12.3. The van der Waals surface area contributed by atoms with Gasteiger partial charge in [0, 0.05) is 22.0 Å². The number of amides is 1. The highest BCUT2D eigenvalue weighted by Crippen LogP contribution is 2.27. The summed E-state index contributed by atoms with van der Waals surface area (Å²) in [4.78, 5) is 12.8. The van der Waals surface area contributed by atoms with E-state index >= 15 is 0 Å². The van der Waals surface area contributed by atoms with E-state index in [2.05, 4.69) is 21.2 Å². The van der Waals surface area contributed by atoms with Crippen molar-refractivity contribution < 1.29 is 4.79 Å². The SMILES string of the molecule is Cc1c(Br)cccc1C(=O)NC1CCCC1C(N)=S. The van der Waals surface area contributed by atoms with E-state index in [9.17, 15) is 4.79 Å². The van der Waals surface area contributed by atoms with Crippen molar-refractivity contribution >= 4 is 39.0 Å². The number of hydrogen-bond acceptors (Lipinski definition) is 2. The van der Waals surface area contributed by atoms with Crippen LogP contribution in [0.3, 0.4) is 0 Å². The number of benzene rings is 1. The molecule has 0 aromatic heterocycles. The van der Waals surface area contributed by atoms with Crippen molar-refractivity contribution in [1.29, 1.82) is 0 Å². The Morgan fingerprint density at radius 2 is 2.21 bits per heavy atom. The topological polar surface area (TPSA) is 55.1 Å². The van der Waals surface area contributed by atoms with E-state index in [0.29, 0.717) is 10.6 Å². The van der Waals surface area contributed by atoms with Gasteiger partial charge in [0.2, 0.25) is 0 Å². The molecule has 1 amide bonds. The monoisotopic (exact) mass is 340 g/mol. The van der Waals surface area contributed by atoms with Crippen LogP contribution in [-0.4, -0.2) is 16.9 Å². The zero-order chi connectivity index (χ0) is 14.0. The molecule has 1 saturated carbocycles. The summed E-state index contributed by atoms with van der Waals surface area (Å²) in [5.41, 5.74) is 7.38. The summed E-state index contributed by atoms with van der Waals surface area (Å²) in [5, 5.41) is 3.07. The van der Waals surface area contributed by atoms with Gasteiger partial charge in [0.15, 0.2) is 0 Å². The molecule has 1 aromatic rings. The third-order valence-electron chi connectivity index (χ3n) is 3.71. The molecule has 0 bridgehead atoms. The van der Waals surface area contributed by atoms with E-state index < -0.39 is 0 Å². The van der Waals surface area contributed by atoms with Crippen LogP contribution in [0.25, 0.3) is 0 Å². The Morgan fingerprint density at radius 3 is 2.89 bits per heavy atom. The van der Waals surface area contributed by atoms with Crippen LogP contribution in [-0.2, 0) is 0 Å². The van der Waals surface area contributed by atoms with E-state index in [-0.39, 0.29) is 17.9 Å². The van der Waals surface area contributed by atoms with Crippen LogP contribution in [0, 0.1) is 12.8 Å². The van der Waals surface area contributed by atoms with E-state index in [1.807, 2.05) is 25.1 Å². The van der Waals surface area contributed by atoms with Gasteiger partial charge in [-0.2, -0.15) is 0 Å². The van der Waals surface area contributed by atoms with Crippen LogP contribution in [0.4, 0.5) is 0 Å². The maximum absolute atomic E-state index is 12.3. The minimum absolute atomic E-state index is 0.0491. The average Bonchev–Trinajstić information content (AvgIpc) is 2.80. The second-order valence-electron chi connectivity index (χ2n) is 4.93. The predicted octanol–water partition coefficient (Wildman–Crippen LogP) is 2.94. The smallest absolute Gasteiger partial charge is 0.251 e. The predicted molar refractivity (Wildman–Crippen MR) is 84.3 cm³/mol. The van der Waals surface area contributed by atoms with Crippen molar-refractivity contribution in [2.24, 2.45) is 11.7 Å². The summed E-state index contributed by atoms with van der Waals surface area (Å²) in [5.74, 6) is 0.0818. The second kappa shape index (κ2) is 6.01. The van der Waals surface area contributed by atoms with Crippen LogP contribution >= 0.6 is 28.1 Å². The number of nitrogens with one attached hydrogen (secondary N) is 1. The van der Waals surface area contributed by atoms with Gasteiger partial charge >= 0.3 is 0 Å². The second-order valence-corrected chi connectivity index (χ2v) is 6.26. The summed E-state index contributed by atoms with van der Waals surface area (Å²) in [7, 11) is 0. The number of nitrogens with two attached hydrogens (primary N) is 1. The Morgan fingerprint density at radius 1 is 1.47 bits per heavy atom. The highest BCUT2D eigenvalue weighted by atomic mass is 79.9. The normalized spacial score (nSPS) is 22.2. The van der Waals surface area contributed by atoms with E-state index in [0.717, 1.165) is 29.3 Å². The van der Waals surface area contributed by atoms with Crippen molar-refractivity contribution in [3.05, 3.63) is 33.8 Å². The zero-order valence-electron chi connectivity index (χ0n) is 10.8. The molecule has 3 nitrogen and oxygen atoms in total. The Balaban J connectivity index is 2.13. The summed E-state index contributed by atoms with van der Waals surface area (Å²) >= 11 is 8.51. The average molecular weight is 341 g/mol. The van der Waals surface area contributed by atoms with Crippen molar-refractivity contribution in [2.45, 2.75) is 32.2 Å². The fourth-order valence-corrected chi connectivity index (χ4v) is 3.22. The van der Waals surface area contributed by atoms with Gasteiger partial charge in [-0.15, -0.1) is 0 Å². The van der Waals surface area contributed by atoms with Crippen LogP contribution < -0.4 is 11.1 Å². The van der Waals surface area contributed by atoms with E-state index in [1.54, 1.807) is 0 Å². The highest BCUT2D eigenvalue weighted by molar-refractivity contribution is 9.10. The summed E-state index contributed by atoms with van der Waals surface area (Å²) in [6.45, 7) is 1.93. The number of thiocarbonyl (C=S) groups is 1. The molecule has 5 heteroatoms. The van der Waals surface area contributed by atoms with Gasteiger partial charge in [-0.3, -0.25) is 4.79 Å². The molecule has 0 spiro atoms. The molecule has 1 aromatic carbocycles. The minimum atomic E-state index is -0.0491. The first-order chi connectivity index (χ1) is 9.00. The highest BCUT2D eigenvalue weighted by Gasteiger charge is 2.30. The fraction of sp³-hybridized carbons (Fsp3) is 0.429. The van der Waals surface area contributed by atoms with Crippen molar-refractivity contribution in [3.63, 3.8) is 0 Å². The summed E-state index contributed by atoms with van der Waals surface area (Å²) < 4.78 is 0.942. The molecule has 0 heterocycles. The first kappa shape index (κ1) is 14.5. The van der Waals surface area contributed by atoms with Crippen LogP contribution in [0.1, 0.15) is 35.2 Å². The van der Waals surface area contributed by atoms with Crippen molar-refractivity contribution in [2.75, 3.05) is 0 Å². The van der Waals surface area contributed by atoms with Crippen molar-refractivity contribution in [1.82, 2.24) is 5.32 Å². The minimum Gasteiger partial charge on any atom is -0.393 e. The van der Waals surface area contributed by atoms with Gasteiger partial charge in [-0.05, 0) is 37.5 Å². The third-order valence-corrected chi connectivity index (χ3v) is 4.87. The molecule has 2 unspecified atom stereocenters. The molecule has 2 rings (SSSR count). The number of rotatable bonds is 3. The summed E-state index contributed by atoms with van der Waals surface area (Å²) in [6.07, 6.45) is 2.98. The lowest BCUT2D eigenvalue weighted by Gasteiger charge is -2.20. The van der Waals surface area contributed by atoms with E-state index in [1.165, 1.54) is 0 Å². The summed E-state index contributed by atoms with van der Waals surface area (Å²) in [6, 6.07) is 5.70. The number of carbonyl (C=O) groups excluding carboxylic acids is 1. The molecule has 3 N–H and O–H groups in total. The Labute approximate surface area is 127 Å². The number of carbonyl (C=O) groups is 1. The molecule has 2 atom stereocenters. The molecule has 19 heavy (non-hydrogen) atoms. The standard InChI is InChI=1S/C14H17BrN2OS/c1-8-9(4-2-6-11(8)15)14(18)17-12-7-3-5-10(12)13(16)19/h2,4,6,10,12H,3,5,7H2,1H3,(H2,16,19)(H,17,18). The van der Waals surface area contributed by atoms with Crippen LogP contribution in [0.15, 0.2) is 22.7 Å². The molecule has 0 saturated heterocycles. The lowest BCUT2D eigenvalue weighted by atomic mass is 10.0. The van der Waals surface area contributed by atoms with Gasteiger partial charge in [-0.1, -0.05) is 40.6 Å². The van der Waals surface area contributed by atoms with Crippen LogP contribution in [0.5, 0.6) is 0 Å². The molecule has 1 fully saturated rings. The molecular formula is C14H17BrN2OS. The van der Waals surface area contributed by atoms with Gasteiger partial charge in [0.05, 0.1) is 4.99 Å². The molecule has 102 valence electrons. The third kappa shape index (κ3) is 3.15. The molecular weight excluding hydrogens is 324 g/mol. The van der Waals surface area contributed by atoms with Crippen molar-refractivity contribution in [3.8, 4) is 0 Å². The molecule has 1 aliphatic rings. The van der Waals surface area contributed by atoms with Crippen LogP contribution in [0.2, 0.25) is 0 Å². The quantitative estimate of drug-likeness (QED) is 0.831. The molecule has 1 aliphatic carbocycles. The Bertz CT molecular complexity index is 518. The van der Waals surface area contributed by atoms with E-state index in [4.69, 9.17) is 18.0 Å². The van der Waals surface area contributed by atoms with Gasteiger partial charge in [0.1, 0.15) is 0 Å². The first-order valence-electron chi connectivity index (χ1n) is 6.36. The van der Waals surface area contributed by atoms with Gasteiger partial charge in [-0.25, -0.2) is 0 Å². The zero-order valence-corrected chi connectivity index (χ0v) is 13.2. The number of halogens is 1. The lowest BCUT2D eigenvalue weighted by molar-refractivity contribution is 0.0933. The maximum Gasteiger partial charge on any atom is 0.251 e. The fourth-order valence-electron chi connectivity index (χ4n) is 2.57. The Kier molecular flexibility index (Phi) is 4.58. The largest absolute Gasteiger partial charge is 0.393 e. The van der Waals surface area contributed by atoms with Gasteiger partial charge in [0.25, 0.3) is 5.91 Å². The molecule has 0 aliphatic heterocycles. The first-order valence-corrected chi connectivity index (χ1v) is 7.56. The molecule has 0 radical (unpaired) electrons. The lowest BCUT2D eigenvalue weighted by Crippen LogP contribution is -2.41.